The highest BCUT2D eigenvalue weighted by Gasteiger charge is 2.36. The molecule has 0 aliphatic carbocycles. The van der Waals surface area contributed by atoms with E-state index in [0.717, 1.165) is 43.2 Å². The van der Waals surface area contributed by atoms with Gasteiger partial charge < -0.3 is 9.64 Å². The van der Waals surface area contributed by atoms with Gasteiger partial charge in [0.2, 0.25) is 5.91 Å². The van der Waals surface area contributed by atoms with Gasteiger partial charge in [0.1, 0.15) is 5.75 Å². The number of ether oxygens (including phenoxy) is 1. The number of amides is 1. The van der Waals surface area contributed by atoms with Gasteiger partial charge in [0.25, 0.3) is 0 Å². The molecule has 0 N–H and O–H groups in total. The van der Waals surface area contributed by atoms with Crippen molar-refractivity contribution in [2.75, 3.05) is 20.2 Å². The van der Waals surface area contributed by atoms with Crippen LogP contribution in [0.15, 0.2) is 24.3 Å². The average molecular weight is 275 g/mol. The molecule has 0 spiro atoms. The lowest BCUT2D eigenvalue weighted by atomic mass is 9.81. The lowest BCUT2D eigenvalue weighted by molar-refractivity contribution is -0.137. The number of methoxy groups -OCH3 is 1. The minimum Gasteiger partial charge on any atom is -0.496 e. The first-order chi connectivity index (χ1) is 9.46. The minimum absolute atomic E-state index is 0.203. The zero-order valence-corrected chi connectivity index (χ0v) is 13.0. The number of carbonyl (C=O) groups is 1. The van der Waals surface area contributed by atoms with E-state index in [-0.39, 0.29) is 5.91 Å². The standard InChI is InChI=1S/C17H25NO2/c1-13-9-11-18(12-10-13)16(19)17(2,3)14-7-5-6-8-15(14)20-4/h5-8,13H,9-12H2,1-4H3. The summed E-state index contributed by atoms with van der Waals surface area (Å²) in [7, 11) is 1.65. The first-order valence-electron chi connectivity index (χ1n) is 7.39. The minimum atomic E-state index is -0.548. The van der Waals surface area contributed by atoms with E-state index in [9.17, 15) is 4.79 Å². The molecule has 3 heteroatoms. The van der Waals surface area contributed by atoms with Crippen LogP contribution in [0.2, 0.25) is 0 Å². The molecule has 0 unspecified atom stereocenters. The first-order valence-corrected chi connectivity index (χ1v) is 7.39. The summed E-state index contributed by atoms with van der Waals surface area (Å²) >= 11 is 0. The second-order valence-corrected chi connectivity index (χ2v) is 6.30. The molecule has 20 heavy (non-hydrogen) atoms. The van der Waals surface area contributed by atoms with Crippen LogP contribution in [0.3, 0.4) is 0 Å². The largest absolute Gasteiger partial charge is 0.496 e. The fraction of sp³-hybridized carbons (Fsp3) is 0.588. The number of para-hydroxylation sites is 1. The zero-order chi connectivity index (χ0) is 14.8. The Hall–Kier alpha value is -1.51. The summed E-state index contributed by atoms with van der Waals surface area (Å²) in [6.07, 6.45) is 2.21. The lowest BCUT2D eigenvalue weighted by Gasteiger charge is -2.36. The monoisotopic (exact) mass is 275 g/mol. The van der Waals surface area contributed by atoms with Crippen LogP contribution in [0.1, 0.15) is 39.2 Å². The van der Waals surface area contributed by atoms with Gasteiger partial charge in [-0.2, -0.15) is 0 Å². The van der Waals surface area contributed by atoms with E-state index in [0.29, 0.717) is 0 Å². The van der Waals surface area contributed by atoms with E-state index >= 15 is 0 Å². The molecule has 1 amide bonds. The molecule has 110 valence electrons. The predicted molar refractivity (Wildman–Crippen MR) is 81.0 cm³/mol. The number of rotatable bonds is 3. The van der Waals surface area contributed by atoms with Crippen LogP contribution in [0.5, 0.6) is 5.75 Å². The number of nitrogens with zero attached hydrogens (tertiary/aromatic N) is 1. The molecule has 0 bridgehead atoms. The van der Waals surface area contributed by atoms with Gasteiger partial charge >= 0.3 is 0 Å². The van der Waals surface area contributed by atoms with E-state index in [1.807, 2.05) is 43.0 Å². The van der Waals surface area contributed by atoms with Crippen molar-refractivity contribution in [2.24, 2.45) is 5.92 Å². The summed E-state index contributed by atoms with van der Waals surface area (Å²) in [5.41, 5.74) is 0.416. The zero-order valence-electron chi connectivity index (χ0n) is 13.0. The molecular formula is C17H25NO2. The normalized spacial score (nSPS) is 17.1. The van der Waals surface area contributed by atoms with Gasteiger partial charge in [-0.05, 0) is 38.7 Å². The Morgan fingerprint density at radius 3 is 2.45 bits per heavy atom. The molecule has 3 nitrogen and oxygen atoms in total. The van der Waals surface area contributed by atoms with Crippen molar-refractivity contribution in [3.8, 4) is 5.75 Å². The van der Waals surface area contributed by atoms with E-state index < -0.39 is 5.41 Å². The number of benzene rings is 1. The predicted octanol–water partition coefficient (Wildman–Crippen LogP) is 3.23. The third-order valence-electron chi connectivity index (χ3n) is 4.39. The summed E-state index contributed by atoms with van der Waals surface area (Å²) in [6.45, 7) is 7.99. The highest BCUT2D eigenvalue weighted by molar-refractivity contribution is 5.88. The number of likely N-dealkylation sites (tertiary alicyclic amines) is 1. The molecule has 1 aliphatic rings. The van der Waals surface area contributed by atoms with Gasteiger partial charge in [-0.25, -0.2) is 0 Å². The van der Waals surface area contributed by atoms with Crippen molar-refractivity contribution in [2.45, 2.75) is 39.0 Å². The number of hydrogen-bond donors (Lipinski definition) is 0. The molecular weight excluding hydrogens is 250 g/mol. The number of carbonyl (C=O) groups excluding carboxylic acids is 1. The third kappa shape index (κ3) is 2.82. The molecule has 1 fully saturated rings. The molecule has 1 heterocycles. The highest BCUT2D eigenvalue weighted by Crippen LogP contribution is 2.34. The van der Waals surface area contributed by atoms with Crippen molar-refractivity contribution in [3.63, 3.8) is 0 Å². The van der Waals surface area contributed by atoms with Crippen LogP contribution < -0.4 is 4.74 Å². The van der Waals surface area contributed by atoms with Gasteiger partial charge in [-0.3, -0.25) is 4.79 Å². The third-order valence-corrected chi connectivity index (χ3v) is 4.39. The van der Waals surface area contributed by atoms with Gasteiger partial charge in [0.15, 0.2) is 0 Å². The highest BCUT2D eigenvalue weighted by atomic mass is 16.5. The first kappa shape index (κ1) is 14.9. The number of piperidine rings is 1. The van der Waals surface area contributed by atoms with Gasteiger partial charge in [-0.1, -0.05) is 25.1 Å². The lowest BCUT2D eigenvalue weighted by Crippen LogP contribution is -2.46. The SMILES string of the molecule is COc1ccccc1C(C)(C)C(=O)N1CCC(C)CC1. The van der Waals surface area contributed by atoms with Gasteiger partial charge in [0.05, 0.1) is 12.5 Å². The van der Waals surface area contributed by atoms with E-state index in [1.165, 1.54) is 0 Å². The van der Waals surface area contributed by atoms with Crippen LogP contribution in [0, 0.1) is 5.92 Å². The van der Waals surface area contributed by atoms with Crippen LogP contribution in [-0.2, 0) is 10.2 Å². The van der Waals surface area contributed by atoms with Crippen LogP contribution in [0.4, 0.5) is 0 Å². The fourth-order valence-electron chi connectivity index (χ4n) is 2.88. The molecule has 0 atom stereocenters. The maximum absolute atomic E-state index is 12.9. The smallest absolute Gasteiger partial charge is 0.232 e. The molecule has 2 rings (SSSR count). The molecule has 1 saturated heterocycles. The maximum Gasteiger partial charge on any atom is 0.232 e. The second-order valence-electron chi connectivity index (χ2n) is 6.30. The van der Waals surface area contributed by atoms with Gasteiger partial charge in [-0.15, -0.1) is 0 Å². The topological polar surface area (TPSA) is 29.5 Å². The van der Waals surface area contributed by atoms with E-state index in [4.69, 9.17) is 4.74 Å². The van der Waals surface area contributed by atoms with E-state index in [1.54, 1.807) is 7.11 Å². The van der Waals surface area contributed by atoms with Gasteiger partial charge in [0, 0.05) is 18.7 Å². The summed E-state index contributed by atoms with van der Waals surface area (Å²) in [5, 5.41) is 0. The molecule has 1 aromatic rings. The van der Waals surface area contributed by atoms with Crippen LogP contribution in [-0.4, -0.2) is 31.0 Å². The summed E-state index contributed by atoms with van der Waals surface area (Å²) in [4.78, 5) is 14.9. The van der Waals surface area contributed by atoms with Crippen molar-refractivity contribution in [1.82, 2.24) is 4.90 Å². The Morgan fingerprint density at radius 1 is 1.25 bits per heavy atom. The summed E-state index contributed by atoms with van der Waals surface area (Å²) < 4.78 is 5.42. The quantitative estimate of drug-likeness (QED) is 0.847. The average Bonchev–Trinajstić information content (AvgIpc) is 2.47. The Morgan fingerprint density at radius 2 is 1.85 bits per heavy atom. The van der Waals surface area contributed by atoms with Crippen LogP contribution in [0.25, 0.3) is 0 Å². The summed E-state index contributed by atoms with van der Waals surface area (Å²) in [6, 6.07) is 7.81. The molecule has 0 saturated carbocycles. The van der Waals surface area contributed by atoms with Crippen molar-refractivity contribution in [1.29, 1.82) is 0 Å². The van der Waals surface area contributed by atoms with Crippen molar-refractivity contribution in [3.05, 3.63) is 29.8 Å². The maximum atomic E-state index is 12.9. The molecule has 1 aliphatic heterocycles. The molecule has 0 aromatic heterocycles. The van der Waals surface area contributed by atoms with Crippen LogP contribution >= 0.6 is 0 Å². The second kappa shape index (κ2) is 5.86. The Balaban J connectivity index is 2.23. The summed E-state index contributed by atoms with van der Waals surface area (Å²) in [5.74, 6) is 1.72. The van der Waals surface area contributed by atoms with E-state index in [2.05, 4.69) is 6.92 Å². The fourth-order valence-corrected chi connectivity index (χ4v) is 2.88. The molecule has 1 aromatic carbocycles. The Bertz CT molecular complexity index is 474. The molecule has 0 radical (unpaired) electrons. The Kier molecular flexibility index (Phi) is 4.36. The number of hydrogen-bond acceptors (Lipinski definition) is 2. The Labute approximate surface area is 121 Å². The van der Waals surface area contributed by atoms with Crippen molar-refractivity contribution < 1.29 is 9.53 Å². The van der Waals surface area contributed by atoms with Crippen molar-refractivity contribution >= 4 is 5.91 Å².